The van der Waals surface area contributed by atoms with Gasteiger partial charge in [-0.1, -0.05) is 12.1 Å². The number of thiophene rings is 1. The van der Waals surface area contributed by atoms with Gasteiger partial charge < -0.3 is 0 Å². The van der Waals surface area contributed by atoms with Crippen molar-refractivity contribution >= 4 is 27.3 Å². The summed E-state index contributed by atoms with van der Waals surface area (Å²) in [6.07, 6.45) is 1.59. The zero-order valence-electron chi connectivity index (χ0n) is 9.98. The summed E-state index contributed by atoms with van der Waals surface area (Å²) in [7, 11) is -3.29. The topological polar surface area (TPSA) is 57.9 Å². The molecule has 0 N–H and O–H groups in total. The number of rotatable bonds is 4. The molecule has 0 saturated carbocycles. The predicted molar refractivity (Wildman–Crippen MR) is 77.1 cm³/mol. The molecular weight excluding hydrogens is 278 g/mol. The highest BCUT2D eigenvalue weighted by Gasteiger charge is 2.07. The Labute approximate surface area is 116 Å². The molecule has 0 saturated heterocycles. The number of nitrogens with zero attached hydrogens (tertiary/aromatic N) is 1. The molecule has 0 bridgehead atoms. The van der Waals surface area contributed by atoms with Gasteiger partial charge in [-0.05, 0) is 46.2 Å². The van der Waals surface area contributed by atoms with Crippen LogP contribution in [0.3, 0.4) is 0 Å². The van der Waals surface area contributed by atoms with E-state index in [9.17, 15) is 8.42 Å². The molecule has 1 aromatic carbocycles. The quantitative estimate of drug-likeness (QED) is 0.868. The largest absolute Gasteiger partial charge is 0.224 e. The van der Waals surface area contributed by atoms with E-state index in [1.54, 1.807) is 30.3 Å². The van der Waals surface area contributed by atoms with Crippen LogP contribution in [0.2, 0.25) is 0 Å². The first-order chi connectivity index (χ1) is 9.09. The van der Waals surface area contributed by atoms with Gasteiger partial charge in [0.25, 0.3) is 0 Å². The molecule has 0 amide bonds. The number of hydrogen-bond donors (Lipinski definition) is 0. The van der Waals surface area contributed by atoms with Gasteiger partial charge in [-0.15, -0.1) is 0 Å². The fourth-order valence-electron chi connectivity index (χ4n) is 1.51. The average molecular weight is 289 g/mol. The molecular formula is C14H11NO2S2. The van der Waals surface area contributed by atoms with Crippen molar-refractivity contribution in [1.82, 2.24) is 0 Å². The van der Waals surface area contributed by atoms with Crippen molar-refractivity contribution in [3.63, 3.8) is 0 Å². The molecule has 0 radical (unpaired) electrons. The monoisotopic (exact) mass is 289 g/mol. The summed E-state index contributed by atoms with van der Waals surface area (Å²) in [6, 6.07) is 10.4. The molecule has 5 heteroatoms. The van der Waals surface area contributed by atoms with Crippen molar-refractivity contribution in [2.45, 2.75) is 5.75 Å². The molecule has 0 unspecified atom stereocenters. The van der Waals surface area contributed by atoms with Gasteiger partial charge in [0, 0.05) is 5.41 Å². The molecule has 0 aliphatic carbocycles. The Morgan fingerprint density at radius 1 is 1.21 bits per heavy atom. The van der Waals surface area contributed by atoms with Gasteiger partial charge in [-0.3, -0.25) is 0 Å². The Kier molecular flexibility index (Phi) is 4.15. The maximum Gasteiger partial charge on any atom is 0.175 e. The summed E-state index contributed by atoms with van der Waals surface area (Å²) < 4.78 is 23.8. The van der Waals surface area contributed by atoms with Crippen LogP contribution in [-0.4, -0.2) is 8.42 Å². The fraction of sp³-hybridized carbons (Fsp3) is 0.0714. The average Bonchev–Trinajstić information content (AvgIpc) is 2.90. The maximum absolute atomic E-state index is 11.9. The van der Waals surface area contributed by atoms with Crippen LogP contribution in [0.1, 0.15) is 16.7 Å². The first-order valence-electron chi connectivity index (χ1n) is 5.51. The van der Waals surface area contributed by atoms with Gasteiger partial charge in [-0.25, -0.2) is 8.42 Å². The lowest BCUT2D eigenvalue weighted by Gasteiger charge is -1.99. The van der Waals surface area contributed by atoms with Crippen molar-refractivity contribution in [2.24, 2.45) is 0 Å². The van der Waals surface area contributed by atoms with E-state index in [-0.39, 0.29) is 5.75 Å². The normalized spacial score (nSPS) is 11.5. The lowest BCUT2D eigenvalue weighted by molar-refractivity contribution is 0.604. The summed E-state index contributed by atoms with van der Waals surface area (Å²) in [6.45, 7) is 0. The molecule has 2 aromatic rings. The third-order valence-corrected chi connectivity index (χ3v) is 4.45. The zero-order valence-corrected chi connectivity index (χ0v) is 11.6. The van der Waals surface area contributed by atoms with Gasteiger partial charge in [0.05, 0.1) is 17.4 Å². The minimum atomic E-state index is -3.29. The van der Waals surface area contributed by atoms with E-state index >= 15 is 0 Å². The van der Waals surface area contributed by atoms with Crippen molar-refractivity contribution < 1.29 is 8.42 Å². The SMILES string of the molecule is N#Cc1ccc(CS(=O)(=O)C=Cc2ccsc2)cc1. The Morgan fingerprint density at radius 3 is 2.53 bits per heavy atom. The van der Waals surface area contributed by atoms with Crippen molar-refractivity contribution in [3.05, 3.63) is 63.2 Å². The molecule has 0 aliphatic heterocycles. The molecule has 1 aromatic heterocycles. The van der Waals surface area contributed by atoms with E-state index in [0.717, 1.165) is 5.56 Å². The smallest absolute Gasteiger partial charge is 0.175 e. The Balaban J connectivity index is 2.10. The second-order valence-electron chi connectivity index (χ2n) is 3.98. The van der Waals surface area contributed by atoms with Gasteiger partial charge in [0.15, 0.2) is 9.84 Å². The molecule has 0 fully saturated rings. The van der Waals surface area contributed by atoms with Crippen LogP contribution in [0.25, 0.3) is 6.08 Å². The molecule has 0 atom stereocenters. The highest BCUT2D eigenvalue weighted by molar-refractivity contribution is 7.93. The minimum Gasteiger partial charge on any atom is -0.224 e. The van der Waals surface area contributed by atoms with E-state index in [0.29, 0.717) is 11.1 Å². The third kappa shape index (κ3) is 4.05. The van der Waals surface area contributed by atoms with Gasteiger partial charge in [0.2, 0.25) is 0 Å². The highest BCUT2D eigenvalue weighted by atomic mass is 32.2. The predicted octanol–water partition coefficient (Wildman–Crippen LogP) is 3.21. The van der Waals surface area contributed by atoms with Crippen LogP contribution in [-0.2, 0) is 15.6 Å². The fourth-order valence-corrected chi connectivity index (χ4v) is 3.25. The highest BCUT2D eigenvalue weighted by Crippen LogP contribution is 2.12. The molecule has 96 valence electrons. The lowest BCUT2D eigenvalue weighted by atomic mass is 10.2. The van der Waals surface area contributed by atoms with Crippen molar-refractivity contribution in [2.75, 3.05) is 0 Å². The third-order valence-electron chi connectivity index (χ3n) is 2.46. The number of benzene rings is 1. The molecule has 19 heavy (non-hydrogen) atoms. The molecule has 0 aliphatic rings. The summed E-state index contributed by atoms with van der Waals surface area (Å²) in [4.78, 5) is 0. The van der Waals surface area contributed by atoms with Crippen LogP contribution in [0.4, 0.5) is 0 Å². The molecule has 1 heterocycles. The van der Waals surface area contributed by atoms with E-state index in [2.05, 4.69) is 0 Å². The van der Waals surface area contributed by atoms with Crippen LogP contribution in [0, 0.1) is 11.3 Å². The Hall–Kier alpha value is -1.90. The first kappa shape index (κ1) is 13.5. The van der Waals surface area contributed by atoms with Crippen LogP contribution in [0.15, 0.2) is 46.5 Å². The molecule has 0 spiro atoms. The number of nitriles is 1. The number of hydrogen-bond acceptors (Lipinski definition) is 4. The zero-order chi connectivity index (χ0) is 13.7. The summed E-state index contributed by atoms with van der Waals surface area (Å²) >= 11 is 1.52. The Morgan fingerprint density at radius 2 is 1.95 bits per heavy atom. The van der Waals surface area contributed by atoms with Gasteiger partial charge in [-0.2, -0.15) is 16.6 Å². The van der Waals surface area contributed by atoms with E-state index in [1.807, 2.05) is 22.9 Å². The maximum atomic E-state index is 11.9. The van der Waals surface area contributed by atoms with Crippen LogP contribution < -0.4 is 0 Å². The minimum absolute atomic E-state index is 0.0562. The first-order valence-corrected chi connectivity index (χ1v) is 8.17. The van der Waals surface area contributed by atoms with Crippen molar-refractivity contribution in [3.8, 4) is 6.07 Å². The second kappa shape index (κ2) is 5.83. The van der Waals surface area contributed by atoms with E-state index < -0.39 is 9.84 Å². The van der Waals surface area contributed by atoms with E-state index in [4.69, 9.17) is 5.26 Å². The van der Waals surface area contributed by atoms with Crippen LogP contribution >= 0.6 is 11.3 Å². The number of sulfone groups is 1. The lowest BCUT2D eigenvalue weighted by Crippen LogP contribution is -1.99. The summed E-state index contributed by atoms with van der Waals surface area (Å²) in [5, 5.41) is 13.7. The molecule has 2 rings (SSSR count). The Bertz CT molecular complexity index is 706. The summed E-state index contributed by atoms with van der Waals surface area (Å²) in [5.74, 6) is -0.0562. The molecule has 3 nitrogen and oxygen atoms in total. The van der Waals surface area contributed by atoms with E-state index in [1.165, 1.54) is 16.7 Å². The van der Waals surface area contributed by atoms with Crippen molar-refractivity contribution in [1.29, 1.82) is 5.26 Å². The standard InChI is InChI=1S/C14H11NO2S2/c15-9-12-1-3-14(4-2-12)11-19(16,17)8-6-13-5-7-18-10-13/h1-8,10H,11H2. The van der Waals surface area contributed by atoms with Crippen LogP contribution in [0.5, 0.6) is 0 Å². The second-order valence-corrected chi connectivity index (χ2v) is 6.64. The van der Waals surface area contributed by atoms with Gasteiger partial charge >= 0.3 is 0 Å². The van der Waals surface area contributed by atoms with Gasteiger partial charge in [0.1, 0.15) is 0 Å². The summed E-state index contributed by atoms with van der Waals surface area (Å²) in [5.41, 5.74) is 2.08.